The van der Waals surface area contributed by atoms with Crippen molar-refractivity contribution in [1.29, 1.82) is 0 Å². The number of pyridine rings is 1. The number of hydrogen-bond acceptors (Lipinski definition) is 2. The van der Waals surface area contributed by atoms with Crippen LogP contribution in [0.25, 0.3) is 16.9 Å². The summed E-state index contributed by atoms with van der Waals surface area (Å²) < 4.78 is 1.90. The average molecular weight is 272 g/mol. The van der Waals surface area contributed by atoms with Crippen LogP contribution in [0.15, 0.2) is 36.7 Å². The third-order valence-corrected chi connectivity index (χ3v) is 3.60. The Bertz CT molecular complexity index is 774. The number of fused-ring (bicyclic) bond motifs is 1. The van der Waals surface area contributed by atoms with Crippen LogP contribution < -0.4 is 5.73 Å². The van der Waals surface area contributed by atoms with Gasteiger partial charge in [-0.2, -0.15) is 0 Å². The molecule has 96 valence electrons. The van der Waals surface area contributed by atoms with Crippen molar-refractivity contribution in [3.05, 3.63) is 52.8 Å². The van der Waals surface area contributed by atoms with Crippen LogP contribution in [0.1, 0.15) is 11.1 Å². The predicted molar refractivity (Wildman–Crippen MR) is 79.5 cm³/mol. The van der Waals surface area contributed by atoms with Crippen LogP contribution in [-0.4, -0.2) is 9.38 Å². The van der Waals surface area contributed by atoms with Gasteiger partial charge in [-0.3, -0.25) is 0 Å². The molecule has 0 bridgehead atoms. The molecule has 2 N–H and O–H groups in total. The molecule has 2 aromatic heterocycles. The second kappa shape index (κ2) is 4.28. The molecule has 0 radical (unpaired) electrons. The van der Waals surface area contributed by atoms with Crippen molar-refractivity contribution in [3.63, 3.8) is 0 Å². The van der Waals surface area contributed by atoms with Gasteiger partial charge in [0.25, 0.3) is 0 Å². The lowest BCUT2D eigenvalue weighted by atomic mass is 10.0. The van der Waals surface area contributed by atoms with Gasteiger partial charge in [-0.1, -0.05) is 35.4 Å². The van der Waals surface area contributed by atoms with Gasteiger partial charge in [-0.05, 0) is 25.5 Å². The largest absolute Gasteiger partial charge is 0.394 e. The Morgan fingerprint density at radius 1 is 1.21 bits per heavy atom. The molecule has 1 aromatic carbocycles. The number of benzene rings is 1. The smallest absolute Gasteiger partial charge is 0.162 e. The Balaban J connectivity index is 2.23. The van der Waals surface area contributed by atoms with Crippen molar-refractivity contribution < 1.29 is 0 Å². The molecule has 0 aliphatic carbocycles. The average Bonchev–Trinajstić information content (AvgIpc) is 2.78. The number of imidazole rings is 1. The molecule has 3 rings (SSSR count). The molecule has 0 spiro atoms. The summed E-state index contributed by atoms with van der Waals surface area (Å²) in [5, 5.41) is 0.533. The molecule has 0 amide bonds. The first-order valence-electron chi connectivity index (χ1n) is 6.06. The zero-order valence-electron chi connectivity index (χ0n) is 10.8. The lowest BCUT2D eigenvalue weighted by Crippen LogP contribution is -1.92. The van der Waals surface area contributed by atoms with E-state index in [0.29, 0.717) is 16.4 Å². The van der Waals surface area contributed by atoms with E-state index in [2.05, 4.69) is 37.0 Å². The Morgan fingerprint density at radius 2 is 2.00 bits per heavy atom. The molecule has 3 aromatic rings. The highest BCUT2D eigenvalue weighted by molar-refractivity contribution is 6.33. The minimum atomic E-state index is 0.514. The van der Waals surface area contributed by atoms with E-state index in [1.165, 1.54) is 11.1 Å². The number of nitrogen functional groups attached to an aromatic ring is 1. The minimum absolute atomic E-state index is 0.514. The summed E-state index contributed by atoms with van der Waals surface area (Å²) in [4.78, 5) is 4.59. The first-order chi connectivity index (χ1) is 9.06. The number of halogens is 1. The van der Waals surface area contributed by atoms with Crippen LogP contribution in [-0.2, 0) is 0 Å². The Labute approximate surface area is 116 Å². The van der Waals surface area contributed by atoms with E-state index in [-0.39, 0.29) is 0 Å². The standard InChI is InChI=1S/C15H14ClN3/c1-9-3-4-11(10(2)7-9)13-8-19-6-5-12(16)14(17)15(19)18-13/h3-8H,17H2,1-2H3. The normalized spacial score (nSPS) is 11.1. The fraction of sp³-hybridized carbons (Fsp3) is 0.133. The third-order valence-electron chi connectivity index (χ3n) is 3.27. The van der Waals surface area contributed by atoms with Crippen molar-refractivity contribution >= 4 is 22.9 Å². The highest BCUT2D eigenvalue weighted by Gasteiger charge is 2.10. The van der Waals surface area contributed by atoms with Gasteiger partial charge in [0.2, 0.25) is 0 Å². The molecule has 4 heteroatoms. The van der Waals surface area contributed by atoms with Crippen LogP contribution in [0, 0.1) is 13.8 Å². The second-order valence-electron chi connectivity index (χ2n) is 4.75. The topological polar surface area (TPSA) is 43.3 Å². The summed E-state index contributed by atoms with van der Waals surface area (Å²) in [5.74, 6) is 0. The molecule has 0 saturated carbocycles. The van der Waals surface area contributed by atoms with Crippen LogP contribution in [0.4, 0.5) is 5.69 Å². The number of nitrogens with two attached hydrogens (primary N) is 1. The number of aryl methyl sites for hydroxylation is 2. The van der Waals surface area contributed by atoms with Crippen LogP contribution in [0.3, 0.4) is 0 Å². The zero-order valence-corrected chi connectivity index (χ0v) is 11.6. The minimum Gasteiger partial charge on any atom is -0.394 e. The van der Waals surface area contributed by atoms with Crippen molar-refractivity contribution in [3.8, 4) is 11.3 Å². The molecule has 3 nitrogen and oxygen atoms in total. The zero-order chi connectivity index (χ0) is 13.6. The highest BCUT2D eigenvalue weighted by atomic mass is 35.5. The van der Waals surface area contributed by atoms with Gasteiger partial charge in [0.15, 0.2) is 5.65 Å². The summed E-state index contributed by atoms with van der Waals surface area (Å²) in [6.45, 7) is 4.17. The number of hydrogen-bond donors (Lipinski definition) is 1. The molecular weight excluding hydrogens is 258 g/mol. The molecule has 0 fully saturated rings. The SMILES string of the molecule is Cc1ccc(-c2cn3ccc(Cl)c(N)c3n2)c(C)c1. The van der Waals surface area contributed by atoms with Crippen LogP contribution in [0.2, 0.25) is 5.02 Å². The Kier molecular flexibility index (Phi) is 2.72. The van der Waals surface area contributed by atoms with E-state index in [9.17, 15) is 0 Å². The van der Waals surface area contributed by atoms with Gasteiger partial charge < -0.3 is 10.1 Å². The van der Waals surface area contributed by atoms with Gasteiger partial charge in [-0.25, -0.2) is 4.98 Å². The maximum Gasteiger partial charge on any atom is 0.162 e. The van der Waals surface area contributed by atoms with Crippen LogP contribution in [0.5, 0.6) is 0 Å². The molecule has 0 unspecified atom stereocenters. The van der Waals surface area contributed by atoms with E-state index >= 15 is 0 Å². The Hall–Kier alpha value is -2.00. The van der Waals surface area contributed by atoms with Crippen molar-refractivity contribution in [2.45, 2.75) is 13.8 Å². The summed E-state index contributed by atoms with van der Waals surface area (Å²) in [5.41, 5.74) is 11.6. The monoisotopic (exact) mass is 271 g/mol. The first kappa shape index (κ1) is 12.1. The van der Waals surface area contributed by atoms with E-state index in [4.69, 9.17) is 17.3 Å². The van der Waals surface area contributed by atoms with Crippen molar-refractivity contribution in [1.82, 2.24) is 9.38 Å². The third kappa shape index (κ3) is 1.96. The molecule has 19 heavy (non-hydrogen) atoms. The van der Waals surface area contributed by atoms with E-state index < -0.39 is 0 Å². The van der Waals surface area contributed by atoms with E-state index in [0.717, 1.165) is 11.3 Å². The highest BCUT2D eigenvalue weighted by Crippen LogP contribution is 2.28. The molecule has 0 atom stereocenters. The fourth-order valence-electron chi connectivity index (χ4n) is 2.28. The van der Waals surface area contributed by atoms with Gasteiger partial charge in [0.1, 0.15) is 0 Å². The van der Waals surface area contributed by atoms with Gasteiger partial charge >= 0.3 is 0 Å². The summed E-state index contributed by atoms with van der Waals surface area (Å²) in [7, 11) is 0. The number of aromatic nitrogens is 2. The number of anilines is 1. The molecule has 2 heterocycles. The van der Waals surface area contributed by atoms with Gasteiger partial charge in [0, 0.05) is 18.0 Å². The number of rotatable bonds is 1. The van der Waals surface area contributed by atoms with E-state index in [1.807, 2.05) is 16.8 Å². The van der Waals surface area contributed by atoms with Gasteiger partial charge in [0.05, 0.1) is 16.4 Å². The summed E-state index contributed by atoms with van der Waals surface area (Å²) >= 11 is 6.02. The molecular formula is C15H14ClN3. The Morgan fingerprint density at radius 3 is 2.74 bits per heavy atom. The summed E-state index contributed by atoms with van der Waals surface area (Å²) in [6.07, 6.45) is 3.84. The quantitative estimate of drug-likeness (QED) is 0.730. The lowest BCUT2D eigenvalue weighted by molar-refractivity contribution is 1.19. The lowest BCUT2D eigenvalue weighted by Gasteiger charge is -2.03. The number of nitrogens with zero attached hydrogens (tertiary/aromatic N) is 2. The maximum absolute atomic E-state index is 6.02. The van der Waals surface area contributed by atoms with E-state index in [1.54, 1.807) is 6.07 Å². The van der Waals surface area contributed by atoms with Crippen molar-refractivity contribution in [2.75, 3.05) is 5.73 Å². The molecule has 0 saturated heterocycles. The second-order valence-corrected chi connectivity index (χ2v) is 5.16. The maximum atomic E-state index is 6.02. The summed E-state index contributed by atoms with van der Waals surface area (Å²) in [6, 6.07) is 8.10. The molecule has 0 aliphatic rings. The van der Waals surface area contributed by atoms with Crippen molar-refractivity contribution in [2.24, 2.45) is 0 Å². The van der Waals surface area contributed by atoms with Crippen LogP contribution >= 0.6 is 11.6 Å². The van der Waals surface area contributed by atoms with Gasteiger partial charge in [-0.15, -0.1) is 0 Å². The first-order valence-corrected chi connectivity index (χ1v) is 6.44. The fourth-order valence-corrected chi connectivity index (χ4v) is 2.42. The predicted octanol–water partition coefficient (Wildman–Crippen LogP) is 3.85. The molecule has 0 aliphatic heterocycles.